The minimum absolute atomic E-state index is 0.0384. The van der Waals surface area contributed by atoms with Crippen molar-refractivity contribution in [2.24, 2.45) is 5.73 Å². The van der Waals surface area contributed by atoms with Gasteiger partial charge in [0.25, 0.3) is 0 Å². The molecule has 1 saturated carbocycles. The van der Waals surface area contributed by atoms with Crippen LogP contribution in [0.2, 0.25) is 0 Å². The van der Waals surface area contributed by atoms with Crippen molar-refractivity contribution in [1.82, 2.24) is 0 Å². The van der Waals surface area contributed by atoms with Crippen LogP contribution >= 0.6 is 0 Å². The third kappa shape index (κ3) is 4.22. The Morgan fingerprint density at radius 2 is 1.78 bits per heavy atom. The molecule has 1 aliphatic carbocycles. The van der Waals surface area contributed by atoms with Crippen molar-refractivity contribution >= 4 is 0 Å². The van der Waals surface area contributed by atoms with Gasteiger partial charge in [0, 0.05) is 5.54 Å². The summed E-state index contributed by atoms with van der Waals surface area (Å²) in [6.45, 7) is 5.72. The first kappa shape index (κ1) is 14.3. The highest BCUT2D eigenvalue weighted by Crippen LogP contribution is 2.30. The largest absolute Gasteiger partial charge is 0.377 e. The highest BCUT2D eigenvalue weighted by molar-refractivity contribution is 4.86. The minimum Gasteiger partial charge on any atom is -0.377 e. The van der Waals surface area contributed by atoms with E-state index >= 15 is 0 Å². The van der Waals surface area contributed by atoms with Crippen LogP contribution in [-0.2, 0) is 9.47 Å². The lowest BCUT2D eigenvalue weighted by atomic mass is 9.92. The van der Waals surface area contributed by atoms with E-state index in [0.29, 0.717) is 13.2 Å². The van der Waals surface area contributed by atoms with Crippen LogP contribution < -0.4 is 5.73 Å². The fourth-order valence-electron chi connectivity index (χ4n) is 3.17. The fourth-order valence-corrected chi connectivity index (χ4v) is 3.17. The zero-order valence-electron chi connectivity index (χ0n) is 12.0. The zero-order chi connectivity index (χ0) is 13.1. The van der Waals surface area contributed by atoms with Gasteiger partial charge in [0.05, 0.1) is 24.9 Å². The van der Waals surface area contributed by atoms with E-state index in [1.165, 1.54) is 25.7 Å². The highest BCUT2D eigenvalue weighted by Gasteiger charge is 2.32. The predicted molar refractivity (Wildman–Crippen MR) is 73.6 cm³/mol. The second-order valence-electron chi connectivity index (χ2n) is 6.83. The average Bonchev–Trinajstić information content (AvgIpc) is 2.50. The van der Waals surface area contributed by atoms with Gasteiger partial charge in [-0.2, -0.15) is 0 Å². The van der Waals surface area contributed by atoms with Crippen molar-refractivity contribution in [3.8, 4) is 0 Å². The molecule has 106 valence electrons. The Morgan fingerprint density at radius 3 is 2.33 bits per heavy atom. The molecule has 1 atom stereocenters. The van der Waals surface area contributed by atoms with Crippen molar-refractivity contribution in [3.63, 3.8) is 0 Å². The van der Waals surface area contributed by atoms with Crippen LogP contribution in [0.3, 0.4) is 0 Å². The van der Waals surface area contributed by atoms with Crippen molar-refractivity contribution < 1.29 is 9.47 Å². The summed E-state index contributed by atoms with van der Waals surface area (Å²) in [6, 6.07) is 0. The van der Waals surface area contributed by atoms with Crippen LogP contribution in [0.4, 0.5) is 0 Å². The molecule has 2 aliphatic rings. The SMILES string of the molecule is CC1(C)CCC(COCC2(N)CCCCCC2)O1. The number of hydrogen-bond donors (Lipinski definition) is 1. The molecule has 18 heavy (non-hydrogen) atoms. The van der Waals surface area contributed by atoms with E-state index in [1.54, 1.807) is 0 Å². The lowest BCUT2D eigenvalue weighted by molar-refractivity contribution is -0.0602. The lowest BCUT2D eigenvalue weighted by Gasteiger charge is -2.28. The van der Waals surface area contributed by atoms with Gasteiger partial charge in [-0.1, -0.05) is 25.7 Å². The number of ether oxygens (including phenoxy) is 2. The molecule has 3 heteroatoms. The van der Waals surface area contributed by atoms with Crippen LogP contribution in [0.15, 0.2) is 0 Å². The van der Waals surface area contributed by atoms with E-state index < -0.39 is 0 Å². The van der Waals surface area contributed by atoms with Crippen molar-refractivity contribution in [2.45, 2.75) is 82.5 Å². The molecule has 2 rings (SSSR count). The summed E-state index contributed by atoms with van der Waals surface area (Å²) in [5, 5.41) is 0. The molecule has 0 bridgehead atoms. The van der Waals surface area contributed by atoms with Crippen LogP contribution in [0.5, 0.6) is 0 Å². The quantitative estimate of drug-likeness (QED) is 0.785. The number of nitrogens with two attached hydrogens (primary N) is 1. The summed E-state index contributed by atoms with van der Waals surface area (Å²) in [5.41, 5.74) is 6.39. The molecule has 2 N–H and O–H groups in total. The summed E-state index contributed by atoms with van der Waals surface area (Å²) in [4.78, 5) is 0. The summed E-state index contributed by atoms with van der Waals surface area (Å²) in [5.74, 6) is 0. The molecule has 0 aromatic rings. The normalized spacial score (nSPS) is 31.2. The molecular formula is C15H29NO2. The first-order chi connectivity index (χ1) is 8.49. The number of hydrogen-bond acceptors (Lipinski definition) is 3. The molecular weight excluding hydrogens is 226 g/mol. The van der Waals surface area contributed by atoms with Gasteiger partial charge in [-0.05, 0) is 39.5 Å². The first-order valence-electron chi connectivity index (χ1n) is 7.54. The van der Waals surface area contributed by atoms with Gasteiger partial charge in [-0.3, -0.25) is 0 Å². The highest BCUT2D eigenvalue weighted by atomic mass is 16.5. The van der Waals surface area contributed by atoms with Gasteiger partial charge < -0.3 is 15.2 Å². The maximum absolute atomic E-state index is 6.43. The summed E-state index contributed by atoms with van der Waals surface area (Å²) in [6.07, 6.45) is 9.93. The van der Waals surface area contributed by atoms with Crippen molar-refractivity contribution in [2.75, 3.05) is 13.2 Å². The summed E-state index contributed by atoms with van der Waals surface area (Å²) >= 11 is 0. The molecule has 0 aromatic carbocycles. The summed E-state index contributed by atoms with van der Waals surface area (Å²) in [7, 11) is 0. The third-order valence-corrected chi connectivity index (χ3v) is 4.35. The van der Waals surface area contributed by atoms with Gasteiger partial charge in [-0.15, -0.1) is 0 Å². The van der Waals surface area contributed by atoms with E-state index in [4.69, 9.17) is 15.2 Å². The Bertz CT molecular complexity index is 257. The molecule has 0 spiro atoms. The van der Waals surface area contributed by atoms with Gasteiger partial charge in [0.2, 0.25) is 0 Å². The summed E-state index contributed by atoms with van der Waals surface area (Å²) < 4.78 is 11.8. The molecule has 0 aromatic heterocycles. The van der Waals surface area contributed by atoms with Gasteiger partial charge in [0.15, 0.2) is 0 Å². The standard InChI is InChI=1S/C15H29NO2/c1-14(2)10-7-13(18-14)11-17-12-15(16)8-5-3-4-6-9-15/h13H,3-12,16H2,1-2H3. The predicted octanol–water partition coefficient (Wildman–Crippen LogP) is 3.01. The van der Waals surface area contributed by atoms with Crippen LogP contribution in [0.25, 0.3) is 0 Å². The average molecular weight is 255 g/mol. The molecule has 2 fully saturated rings. The molecule has 0 radical (unpaired) electrons. The van der Waals surface area contributed by atoms with E-state index in [1.807, 2.05) is 0 Å². The molecule has 1 aliphatic heterocycles. The number of rotatable bonds is 4. The first-order valence-corrected chi connectivity index (χ1v) is 7.54. The third-order valence-electron chi connectivity index (χ3n) is 4.35. The van der Waals surface area contributed by atoms with Gasteiger partial charge >= 0.3 is 0 Å². The van der Waals surface area contributed by atoms with Gasteiger partial charge in [-0.25, -0.2) is 0 Å². The maximum Gasteiger partial charge on any atom is 0.0816 e. The Kier molecular flexibility index (Phi) is 4.68. The molecule has 0 amide bonds. The topological polar surface area (TPSA) is 44.5 Å². The van der Waals surface area contributed by atoms with E-state index in [0.717, 1.165) is 25.7 Å². The molecule has 3 nitrogen and oxygen atoms in total. The van der Waals surface area contributed by atoms with Crippen molar-refractivity contribution in [3.05, 3.63) is 0 Å². The second-order valence-corrected chi connectivity index (χ2v) is 6.83. The molecule has 1 heterocycles. The van der Waals surface area contributed by atoms with Crippen molar-refractivity contribution in [1.29, 1.82) is 0 Å². The smallest absolute Gasteiger partial charge is 0.0816 e. The lowest BCUT2D eigenvalue weighted by Crippen LogP contribution is -2.44. The Labute approximate surface area is 111 Å². The Morgan fingerprint density at radius 1 is 1.11 bits per heavy atom. The molecule has 1 saturated heterocycles. The second kappa shape index (κ2) is 5.89. The monoisotopic (exact) mass is 255 g/mol. The minimum atomic E-state index is -0.0787. The fraction of sp³-hybridized carbons (Fsp3) is 1.00. The Hall–Kier alpha value is -0.120. The van der Waals surface area contributed by atoms with Crippen LogP contribution in [-0.4, -0.2) is 30.5 Å². The Balaban J connectivity index is 1.68. The van der Waals surface area contributed by atoms with E-state index in [-0.39, 0.29) is 17.2 Å². The van der Waals surface area contributed by atoms with E-state index in [9.17, 15) is 0 Å². The van der Waals surface area contributed by atoms with Crippen LogP contribution in [0, 0.1) is 0 Å². The van der Waals surface area contributed by atoms with Crippen LogP contribution in [0.1, 0.15) is 65.2 Å². The molecule has 1 unspecified atom stereocenters. The van der Waals surface area contributed by atoms with E-state index in [2.05, 4.69) is 13.8 Å². The maximum atomic E-state index is 6.43. The van der Waals surface area contributed by atoms with Gasteiger partial charge in [0.1, 0.15) is 0 Å². The zero-order valence-corrected chi connectivity index (χ0v) is 12.0.